The molecular formula is C27H29FN2O3. The summed E-state index contributed by atoms with van der Waals surface area (Å²) < 4.78 is 20.3. The van der Waals surface area contributed by atoms with Crippen molar-refractivity contribution < 1.29 is 18.7 Å². The molecule has 0 aliphatic carbocycles. The molecule has 0 aliphatic heterocycles. The van der Waals surface area contributed by atoms with Crippen molar-refractivity contribution in [2.45, 2.75) is 32.9 Å². The van der Waals surface area contributed by atoms with Crippen LogP contribution in [0.4, 0.5) is 4.39 Å². The molecule has 172 valence electrons. The molecule has 0 fully saturated rings. The molecule has 1 atom stereocenters. The van der Waals surface area contributed by atoms with Crippen LogP contribution in [0, 0.1) is 12.7 Å². The van der Waals surface area contributed by atoms with E-state index in [1.807, 2.05) is 62.4 Å². The van der Waals surface area contributed by atoms with Gasteiger partial charge in [0.05, 0.1) is 0 Å². The minimum atomic E-state index is -0.820. The average Bonchev–Trinajstić information content (AvgIpc) is 2.82. The second kappa shape index (κ2) is 11.8. The maximum absolute atomic E-state index is 14.5. The summed E-state index contributed by atoms with van der Waals surface area (Å²) in [5.41, 5.74) is 2.14. The summed E-state index contributed by atoms with van der Waals surface area (Å²) in [6.45, 7) is 3.83. The topological polar surface area (TPSA) is 58.6 Å². The van der Waals surface area contributed by atoms with Crippen molar-refractivity contribution in [1.29, 1.82) is 0 Å². The minimum Gasteiger partial charge on any atom is -0.484 e. The van der Waals surface area contributed by atoms with Crippen molar-refractivity contribution in [2.75, 3.05) is 13.2 Å². The van der Waals surface area contributed by atoms with E-state index < -0.39 is 17.8 Å². The standard InChI is InChI=1S/C27H29FN2O3/c1-3-29-27(32)24(17-21-12-5-4-6-13-21)30(18-22-14-8-9-15-23(22)28)26(31)19-33-25-16-10-7-11-20(25)2/h4-16,24H,3,17-19H2,1-2H3,(H,29,32). The highest BCUT2D eigenvalue weighted by atomic mass is 19.1. The average molecular weight is 449 g/mol. The van der Waals surface area contributed by atoms with Crippen LogP contribution in [0.1, 0.15) is 23.6 Å². The van der Waals surface area contributed by atoms with Gasteiger partial charge in [-0.05, 0) is 37.1 Å². The van der Waals surface area contributed by atoms with Crippen LogP contribution in [0.3, 0.4) is 0 Å². The van der Waals surface area contributed by atoms with Crippen molar-refractivity contribution in [2.24, 2.45) is 0 Å². The molecular weight excluding hydrogens is 419 g/mol. The Bertz CT molecular complexity index is 1070. The Hall–Kier alpha value is -3.67. The molecule has 3 aromatic rings. The summed E-state index contributed by atoms with van der Waals surface area (Å²) in [6, 6.07) is 22.3. The van der Waals surface area contributed by atoms with E-state index in [0.29, 0.717) is 24.3 Å². The first-order chi connectivity index (χ1) is 16.0. The molecule has 33 heavy (non-hydrogen) atoms. The van der Waals surface area contributed by atoms with Crippen LogP contribution >= 0.6 is 0 Å². The highest BCUT2D eigenvalue weighted by Crippen LogP contribution is 2.19. The smallest absolute Gasteiger partial charge is 0.261 e. The second-order valence-corrected chi connectivity index (χ2v) is 7.77. The molecule has 3 aromatic carbocycles. The highest BCUT2D eigenvalue weighted by Gasteiger charge is 2.31. The van der Waals surface area contributed by atoms with Crippen molar-refractivity contribution in [3.05, 3.63) is 101 Å². The number of aryl methyl sites for hydroxylation is 1. The number of halogens is 1. The van der Waals surface area contributed by atoms with Gasteiger partial charge in [-0.3, -0.25) is 9.59 Å². The molecule has 0 heterocycles. The number of rotatable bonds is 10. The lowest BCUT2D eigenvalue weighted by Crippen LogP contribution is -2.51. The van der Waals surface area contributed by atoms with E-state index in [-0.39, 0.29) is 19.1 Å². The fourth-order valence-corrected chi connectivity index (χ4v) is 3.60. The Morgan fingerprint density at radius 2 is 1.64 bits per heavy atom. The highest BCUT2D eigenvalue weighted by molar-refractivity contribution is 5.88. The maximum atomic E-state index is 14.5. The van der Waals surface area contributed by atoms with Gasteiger partial charge in [0.1, 0.15) is 17.6 Å². The molecule has 6 heteroatoms. The van der Waals surface area contributed by atoms with Gasteiger partial charge in [-0.1, -0.05) is 66.7 Å². The molecule has 1 unspecified atom stereocenters. The number of nitrogens with zero attached hydrogens (tertiary/aromatic N) is 1. The van der Waals surface area contributed by atoms with Crippen LogP contribution in [0.25, 0.3) is 0 Å². The molecule has 3 rings (SSSR count). The van der Waals surface area contributed by atoms with E-state index in [2.05, 4.69) is 5.32 Å². The van der Waals surface area contributed by atoms with Gasteiger partial charge in [0.15, 0.2) is 6.61 Å². The summed E-state index contributed by atoms with van der Waals surface area (Å²) in [6.07, 6.45) is 0.303. The Kier molecular flexibility index (Phi) is 8.58. The first-order valence-electron chi connectivity index (χ1n) is 11.0. The van der Waals surface area contributed by atoms with Gasteiger partial charge in [0.2, 0.25) is 5.91 Å². The molecule has 2 amide bonds. The van der Waals surface area contributed by atoms with Crippen LogP contribution in [0.5, 0.6) is 5.75 Å². The van der Waals surface area contributed by atoms with Gasteiger partial charge in [-0.25, -0.2) is 4.39 Å². The van der Waals surface area contributed by atoms with E-state index in [0.717, 1.165) is 11.1 Å². The van der Waals surface area contributed by atoms with E-state index >= 15 is 0 Å². The molecule has 0 bridgehead atoms. The van der Waals surface area contributed by atoms with E-state index in [1.165, 1.54) is 11.0 Å². The third-order valence-electron chi connectivity index (χ3n) is 5.37. The molecule has 0 radical (unpaired) electrons. The molecule has 1 N–H and O–H groups in total. The number of carbonyl (C=O) groups excluding carboxylic acids is 2. The fourth-order valence-electron chi connectivity index (χ4n) is 3.60. The fraction of sp³-hybridized carbons (Fsp3) is 0.259. The molecule has 0 aromatic heterocycles. The number of para-hydroxylation sites is 1. The third-order valence-corrected chi connectivity index (χ3v) is 5.37. The van der Waals surface area contributed by atoms with Crippen molar-refractivity contribution in [3.8, 4) is 5.75 Å². The second-order valence-electron chi connectivity index (χ2n) is 7.77. The molecule has 0 saturated carbocycles. The zero-order valence-electron chi connectivity index (χ0n) is 19.0. The van der Waals surface area contributed by atoms with Crippen LogP contribution in [0.2, 0.25) is 0 Å². The minimum absolute atomic E-state index is 0.0444. The number of hydrogen-bond acceptors (Lipinski definition) is 3. The van der Waals surface area contributed by atoms with Gasteiger partial charge in [0, 0.05) is 25.1 Å². The van der Waals surface area contributed by atoms with Crippen LogP contribution in [-0.4, -0.2) is 35.9 Å². The summed E-state index contributed by atoms with van der Waals surface area (Å²) in [5, 5.41) is 2.82. The van der Waals surface area contributed by atoms with E-state index in [9.17, 15) is 14.0 Å². The Morgan fingerprint density at radius 3 is 2.33 bits per heavy atom. The number of ether oxygens (including phenoxy) is 1. The van der Waals surface area contributed by atoms with Crippen molar-refractivity contribution in [1.82, 2.24) is 10.2 Å². The van der Waals surface area contributed by atoms with E-state index in [1.54, 1.807) is 24.3 Å². The number of likely N-dealkylation sites (N-methyl/N-ethyl adjacent to an activating group) is 1. The van der Waals surface area contributed by atoms with Crippen LogP contribution in [-0.2, 0) is 22.6 Å². The first kappa shape index (κ1) is 24.0. The van der Waals surface area contributed by atoms with E-state index in [4.69, 9.17) is 4.74 Å². The third kappa shape index (κ3) is 6.65. The predicted molar refractivity (Wildman–Crippen MR) is 126 cm³/mol. The number of hydrogen-bond donors (Lipinski definition) is 1. The normalized spacial score (nSPS) is 11.5. The zero-order chi connectivity index (χ0) is 23.6. The molecule has 0 saturated heterocycles. The Morgan fingerprint density at radius 1 is 0.970 bits per heavy atom. The molecule has 0 aliphatic rings. The first-order valence-corrected chi connectivity index (χ1v) is 11.0. The number of benzene rings is 3. The Labute approximate surface area is 194 Å². The molecule has 5 nitrogen and oxygen atoms in total. The van der Waals surface area contributed by atoms with Crippen molar-refractivity contribution >= 4 is 11.8 Å². The van der Waals surface area contributed by atoms with Gasteiger partial charge in [-0.2, -0.15) is 0 Å². The molecule has 0 spiro atoms. The number of nitrogens with one attached hydrogen (secondary N) is 1. The lowest BCUT2D eigenvalue weighted by atomic mass is 10.0. The zero-order valence-corrected chi connectivity index (χ0v) is 19.0. The largest absolute Gasteiger partial charge is 0.484 e. The van der Waals surface area contributed by atoms with Gasteiger partial charge in [0.25, 0.3) is 5.91 Å². The number of amides is 2. The van der Waals surface area contributed by atoms with Gasteiger partial charge < -0.3 is 15.0 Å². The summed E-state index contributed by atoms with van der Waals surface area (Å²) in [7, 11) is 0. The quantitative estimate of drug-likeness (QED) is 0.503. The van der Waals surface area contributed by atoms with Crippen LogP contribution < -0.4 is 10.1 Å². The summed E-state index contributed by atoms with van der Waals surface area (Å²) in [4.78, 5) is 27.9. The lowest BCUT2D eigenvalue weighted by molar-refractivity contribution is -0.142. The maximum Gasteiger partial charge on any atom is 0.261 e. The van der Waals surface area contributed by atoms with Gasteiger partial charge >= 0.3 is 0 Å². The monoisotopic (exact) mass is 448 g/mol. The van der Waals surface area contributed by atoms with Crippen LogP contribution in [0.15, 0.2) is 78.9 Å². The number of carbonyl (C=O) groups is 2. The summed E-state index contributed by atoms with van der Waals surface area (Å²) >= 11 is 0. The van der Waals surface area contributed by atoms with Gasteiger partial charge in [-0.15, -0.1) is 0 Å². The summed E-state index contributed by atoms with van der Waals surface area (Å²) in [5.74, 6) is -0.519. The SMILES string of the molecule is CCNC(=O)C(Cc1ccccc1)N(Cc1ccccc1F)C(=O)COc1ccccc1C. The predicted octanol–water partition coefficient (Wildman–Crippen LogP) is 4.29. The Balaban J connectivity index is 1.91. The van der Waals surface area contributed by atoms with Crippen molar-refractivity contribution in [3.63, 3.8) is 0 Å². The lowest BCUT2D eigenvalue weighted by Gasteiger charge is -2.31.